The van der Waals surface area contributed by atoms with Gasteiger partial charge in [-0.05, 0) is 31.5 Å². The fraction of sp³-hybridized carbons (Fsp3) is 0.400. The summed E-state index contributed by atoms with van der Waals surface area (Å²) in [5, 5.41) is 1.48. The first kappa shape index (κ1) is 14.6. The molecule has 0 bridgehead atoms. The predicted molar refractivity (Wildman–Crippen MR) is 87.2 cm³/mol. The fourth-order valence-electron chi connectivity index (χ4n) is 2.57. The Labute approximate surface area is 132 Å². The highest BCUT2D eigenvalue weighted by atomic mass is 35.5. The summed E-state index contributed by atoms with van der Waals surface area (Å²) in [5.74, 6) is -0.0119. The Bertz CT molecular complexity index is 686. The molecule has 2 aromatic rings. The first-order chi connectivity index (χ1) is 10.1. The van der Waals surface area contributed by atoms with Gasteiger partial charge in [0.05, 0.1) is 11.8 Å². The number of halogens is 1. The van der Waals surface area contributed by atoms with E-state index >= 15 is 0 Å². The van der Waals surface area contributed by atoms with Crippen molar-refractivity contribution in [3.8, 4) is 0 Å². The van der Waals surface area contributed by atoms with E-state index in [1.54, 1.807) is 0 Å². The Kier molecular flexibility index (Phi) is 4.06. The number of nitrogen functional groups attached to an aromatic ring is 1. The molecule has 1 atom stereocenters. The lowest BCUT2D eigenvalue weighted by atomic mass is 10.2. The van der Waals surface area contributed by atoms with Crippen LogP contribution in [0.3, 0.4) is 0 Å². The number of carbonyl (C=O) groups excluding carboxylic acids is 1. The fourth-order valence-corrected chi connectivity index (χ4v) is 3.81. The molecule has 112 valence electrons. The Morgan fingerprint density at radius 3 is 3.14 bits per heavy atom. The molecule has 6 heteroatoms. The summed E-state index contributed by atoms with van der Waals surface area (Å²) in [6.07, 6.45) is 0.911. The van der Waals surface area contributed by atoms with E-state index in [-0.39, 0.29) is 12.0 Å². The third kappa shape index (κ3) is 2.86. The van der Waals surface area contributed by atoms with Crippen LogP contribution in [-0.4, -0.2) is 36.6 Å². The largest absolute Gasteiger partial charge is 0.397 e. The van der Waals surface area contributed by atoms with Crippen LogP contribution in [0.4, 0.5) is 5.69 Å². The van der Waals surface area contributed by atoms with Crippen molar-refractivity contribution >= 4 is 44.6 Å². The topological polar surface area (TPSA) is 55.6 Å². The van der Waals surface area contributed by atoms with Gasteiger partial charge in [0.2, 0.25) is 0 Å². The maximum Gasteiger partial charge on any atom is 0.266 e. The van der Waals surface area contributed by atoms with Gasteiger partial charge < -0.3 is 15.4 Å². The van der Waals surface area contributed by atoms with E-state index in [0.29, 0.717) is 35.3 Å². The monoisotopic (exact) mass is 324 g/mol. The molecule has 1 fully saturated rings. The Hall–Kier alpha value is -1.30. The molecule has 1 saturated heterocycles. The van der Waals surface area contributed by atoms with Crippen LogP contribution in [0.2, 0.25) is 5.02 Å². The molecule has 1 aliphatic heterocycles. The number of fused-ring (bicyclic) bond motifs is 1. The van der Waals surface area contributed by atoms with Gasteiger partial charge in [0.1, 0.15) is 4.88 Å². The summed E-state index contributed by atoms with van der Waals surface area (Å²) >= 11 is 7.43. The second-order valence-corrected chi connectivity index (χ2v) is 6.76. The van der Waals surface area contributed by atoms with Crippen molar-refractivity contribution < 1.29 is 9.53 Å². The molecule has 1 aliphatic rings. The van der Waals surface area contributed by atoms with Gasteiger partial charge in [0, 0.05) is 34.8 Å². The minimum absolute atomic E-state index is 0.0119. The second-order valence-electron chi connectivity index (χ2n) is 5.27. The number of nitrogens with two attached hydrogens (primary N) is 1. The molecule has 1 aromatic carbocycles. The summed E-state index contributed by atoms with van der Waals surface area (Å²) in [6, 6.07) is 5.53. The highest BCUT2D eigenvalue weighted by Crippen LogP contribution is 2.36. The number of thiophene rings is 1. The van der Waals surface area contributed by atoms with Crippen molar-refractivity contribution in [1.29, 1.82) is 0 Å². The van der Waals surface area contributed by atoms with Crippen LogP contribution in [0, 0.1) is 0 Å². The lowest BCUT2D eigenvalue weighted by molar-refractivity contribution is 0.0566. The van der Waals surface area contributed by atoms with Crippen molar-refractivity contribution in [3.05, 3.63) is 28.1 Å². The number of nitrogens with zero attached hydrogens (tertiary/aromatic N) is 1. The Morgan fingerprint density at radius 2 is 2.33 bits per heavy atom. The predicted octanol–water partition coefficient (Wildman–Crippen LogP) is 3.39. The zero-order chi connectivity index (χ0) is 15.0. The number of anilines is 1. The van der Waals surface area contributed by atoms with Crippen molar-refractivity contribution in [2.45, 2.75) is 19.4 Å². The Morgan fingerprint density at radius 1 is 1.52 bits per heavy atom. The molecule has 2 heterocycles. The molecule has 1 aromatic heterocycles. The van der Waals surface area contributed by atoms with Gasteiger partial charge in [-0.25, -0.2) is 0 Å². The van der Waals surface area contributed by atoms with Gasteiger partial charge in [-0.15, -0.1) is 11.3 Å². The van der Waals surface area contributed by atoms with Crippen molar-refractivity contribution in [2.75, 3.05) is 25.4 Å². The average Bonchev–Trinajstić information content (AvgIpc) is 2.64. The highest BCUT2D eigenvalue weighted by molar-refractivity contribution is 7.21. The lowest BCUT2D eigenvalue weighted by Gasteiger charge is -2.21. The number of hydrogen-bond donors (Lipinski definition) is 1. The number of hydrogen-bond acceptors (Lipinski definition) is 4. The van der Waals surface area contributed by atoms with Crippen LogP contribution >= 0.6 is 22.9 Å². The van der Waals surface area contributed by atoms with Crippen LogP contribution in [0.1, 0.15) is 23.0 Å². The number of ether oxygens (including phenoxy) is 1. The average molecular weight is 325 g/mol. The summed E-state index contributed by atoms with van der Waals surface area (Å²) < 4.78 is 6.57. The number of carbonyl (C=O) groups is 1. The van der Waals surface area contributed by atoms with Crippen LogP contribution in [0.5, 0.6) is 0 Å². The number of rotatable bonds is 1. The van der Waals surface area contributed by atoms with E-state index < -0.39 is 0 Å². The lowest BCUT2D eigenvalue weighted by Crippen LogP contribution is -2.35. The molecule has 0 spiro atoms. The van der Waals surface area contributed by atoms with E-state index in [1.807, 2.05) is 30.0 Å². The molecule has 0 saturated carbocycles. The van der Waals surface area contributed by atoms with E-state index in [2.05, 4.69) is 0 Å². The van der Waals surface area contributed by atoms with E-state index in [4.69, 9.17) is 22.1 Å². The minimum atomic E-state index is -0.0119. The normalized spacial score (nSPS) is 19.7. The minimum Gasteiger partial charge on any atom is -0.397 e. The first-order valence-electron chi connectivity index (χ1n) is 6.94. The number of amides is 1. The molecular formula is C15H17ClN2O2S. The molecule has 3 rings (SSSR count). The van der Waals surface area contributed by atoms with Crippen molar-refractivity contribution in [1.82, 2.24) is 4.90 Å². The molecule has 1 amide bonds. The highest BCUT2D eigenvalue weighted by Gasteiger charge is 2.25. The number of benzene rings is 1. The van der Waals surface area contributed by atoms with Crippen molar-refractivity contribution in [3.63, 3.8) is 0 Å². The summed E-state index contributed by atoms with van der Waals surface area (Å²) in [5.41, 5.74) is 6.69. The third-order valence-corrected chi connectivity index (χ3v) is 5.03. The van der Waals surface area contributed by atoms with E-state index in [0.717, 1.165) is 16.5 Å². The van der Waals surface area contributed by atoms with Gasteiger partial charge in [0.25, 0.3) is 5.91 Å². The van der Waals surface area contributed by atoms with Gasteiger partial charge in [0.15, 0.2) is 0 Å². The van der Waals surface area contributed by atoms with Crippen LogP contribution in [-0.2, 0) is 4.74 Å². The van der Waals surface area contributed by atoms with Crippen LogP contribution in [0.15, 0.2) is 18.2 Å². The van der Waals surface area contributed by atoms with E-state index in [9.17, 15) is 4.79 Å². The Balaban J connectivity index is 1.95. The molecule has 0 aliphatic carbocycles. The van der Waals surface area contributed by atoms with Crippen LogP contribution < -0.4 is 5.73 Å². The van der Waals surface area contributed by atoms with Gasteiger partial charge in [-0.2, -0.15) is 0 Å². The zero-order valence-corrected chi connectivity index (χ0v) is 13.3. The zero-order valence-electron chi connectivity index (χ0n) is 11.8. The molecule has 21 heavy (non-hydrogen) atoms. The summed E-state index contributed by atoms with van der Waals surface area (Å²) in [4.78, 5) is 15.2. The van der Waals surface area contributed by atoms with E-state index in [1.165, 1.54) is 11.3 Å². The molecule has 0 radical (unpaired) electrons. The smallest absolute Gasteiger partial charge is 0.266 e. The molecule has 4 nitrogen and oxygen atoms in total. The SMILES string of the molecule is CC1CN(C(=O)c2sc3ccc(Cl)cc3c2N)CCCO1. The second kappa shape index (κ2) is 5.83. The summed E-state index contributed by atoms with van der Waals surface area (Å²) in [6.45, 7) is 3.99. The van der Waals surface area contributed by atoms with Crippen LogP contribution in [0.25, 0.3) is 10.1 Å². The maximum atomic E-state index is 12.7. The van der Waals surface area contributed by atoms with Gasteiger partial charge in [-0.3, -0.25) is 4.79 Å². The molecular weight excluding hydrogens is 308 g/mol. The summed E-state index contributed by atoms with van der Waals surface area (Å²) in [7, 11) is 0. The van der Waals surface area contributed by atoms with Crippen molar-refractivity contribution in [2.24, 2.45) is 0 Å². The van der Waals surface area contributed by atoms with Gasteiger partial charge in [-0.1, -0.05) is 11.6 Å². The molecule has 2 N–H and O–H groups in total. The van der Waals surface area contributed by atoms with Gasteiger partial charge >= 0.3 is 0 Å². The maximum absolute atomic E-state index is 12.7. The third-order valence-electron chi connectivity index (χ3n) is 3.62. The standard InChI is InChI=1S/C15H17ClN2O2S/c1-9-8-18(5-2-6-20-9)15(19)14-13(17)11-7-10(16)3-4-12(11)21-14/h3-4,7,9H,2,5-6,8,17H2,1H3. The first-order valence-corrected chi connectivity index (χ1v) is 8.14. The molecule has 1 unspecified atom stereocenters. The quantitative estimate of drug-likeness (QED) is 0.874.